The molecule has 1 amide bonds. The Kier molecular flexibility index (Phi) is 7.52. The number of benzene rings is 1. The second kappa shape index (κ2) is 9.17. The summed E-state index contributed by atoms with van der Waals surface area (Å²) in [6.07, 6.45) is 0. The van der Waals surface area contributed by atoms with Crippen molar-refractivity contribution >= 4 is 5.91 Å². The Morgan fingerprint density at radius 1 is 1.43 bits per heavy atom. The molecule has 114 valence electrons. The van der Waals surface area contributed by atoms with Gasteiger partial charge in [-0.15, -0.1) is 0 Å². The lowest BCUT2D eigenvalue weighted by molar-refractivity contribution is 0.0885. The number of nitrogens with one attached hydrogen (secondary N) is 1. The summed E-state index contributed by atoms with van der Waals surface area (Å²) in [5.41, 5.74) is 2.21. The van der Waals surface area contributed by atoms with Gasteiger partial charge >= 0.3 is 0 Å². The molecule has 0 aliphatic heterocycles. The highest BCUT2D eigenvalue weighted by Crippen LogP contribution is 2.10. The molecule has 0 atom stereocenters. The van der Waals surface area contributed by atoms with Crippen molar-refractivity contribution in [3.63, 3.8) is 0 Å². The molecule has 1 rings (SSSR count). The number of hydrogen-bond donors (Lipinski definition) is 2. The molecule has 1 aromatic carbocycles. The highest BCUT2D eigenvalue weighted by molar-refractivity contribution is 5.96. The predicted octanol–water partition coefficient (Wildman–Crippen LogP) is 1.74. The van der Waals surface area contributed by atoms with Crippen LogP contribution in [-0.4, -0.2) is 37.4 Å². The van der Waals surface area contributed by atoms with Gasteiger partial charge in [-0.3, -0.25) is 4.79 Å². The molecule has 0 aliphatic carbocycles. The van der Waals surface area contributed by atoms with E-state index in [-0.39, 0.29) is 12.5 Å². The largest absolute Gasteiger partial charge is 0.384 e. The van der Waals surface area contributed by atoms with Crippen molar-refractivity contribution in [2.45, 2.75) is 20.8 Å². The Morgan fingerprint density at radius 3 is 2.86 bits per heavy atom. The number of hydrogen-bond acceptors (Lipinski definition) is 3. The van der Waals surface area contributed by atoms with E-state index >= 15 is 0 Å². The third-order valence-corrected chi connectivity index (χ3v) is 2.78. The molecule has 21 heavy (non-hydrogen) atoms. The molecule has 2 N–H and O–H groups in total. The number of rotatable bonds is 6. The first-order valence-electron chi connectivity index (χ1n) is 7.11. The number of carbonyl (C=O) groups excluding carboxylic acids is 1. The molecule has 0 saturated heterocycles. The normalized spacial score (nSPS) is 10.1. The molecule has 0 radical (unpaired) electrons. The maximum absolute atomic E-state index is 12.1. The second-order valence-electron chi connectivity index (χ2n) is 5.21. The van der Waals surface area contributed by atoms with Crippen LogP contribution in [0.1, 0.15) is 35.3 Å². The number of aryl methyl sites for hydroxylation is 1. The molecular formula is C17H23NO3. The van der Waals surface area contributed by atoms with E-state index in [1.165, 1.54) is 0 Å². The van der Waals surface area contributed by atoms with Crippen LogP contribution < -0.4 is 5.32 Å². The van der Waals surface area contributed by atoms with E-state index in [1.54, 1.807) is 6.07 Å². The first-order chi connectivity index (χ1) is 10.0. The number of amides is 1. The van der Waals surface area contributed by atoms with Gasteiger partial charge in [0.05, 0.1) is 6.61 Å². The van der Waals surface area contributed by atoms with Crippen LogP contribution >= 0.6 is 0 Å². The van der Waals surface area contributed by atoms with Gasteiger partial charge in [0, 0.05) is 24.3 Å². The van der Waals surface area contributed by atoms with E-state index in [9.17, 15) is 4.79 Å². The topological polar surface area (TPSA) is 58.6 Å². The van der Waals surface area contributed by atoms with Crippen LogP contribution in [0.2, 0.25) is 0 Å². The summed E-state index contributed by atoms with van der Waals surface area (Å²) in [4.78, 5) is 12.1. The first kappa shape index (κ1) is 17.2. The molecule has 0 aliphatic rings. The third-order valence-electron chi connectivity index (χ3n) is 2.78. The zero-order valence-electron chi connectivity index (χ0n) is 12.9. The van der Waals surface area contributed by atoms with Crippen LogP contribution in [0.25, 0.3) is 0 Å². The average molecular weight is 289 g/mol. The summed E-state index contributed by atoms with van der Waals surface area (Å²) in [6.45, 7) is 7.55. The van der Waals surface area contributed by atoms with Gasteiger partial charge in [0.15, 0.2) is 0 Å². The fraction of sp³-hybridized carbons (Fsp3) is 0.471. The lowest BCUT2D eigenvalue weighted by Crippen LogP contribution is -2.28. The minimum Gasteiger partial charge on any atom is -0.384 e. The Labute approximate surface area is 126 Å². The summed E-state index contributed by atoms with van der Waals surface area (Å²) in [6, 6.07) is 5.42. The van der Waals surface area contributed by atoms with Gasteiger partial charge in [-0.05, 0) is 30.5 Å². The quantitative estimate of drug-likeness (QED) is 0.619. The van der Waals surface area contributed by atoms with E-state index in [2.05, 4.69) is 31.0 Å². The number of aliphatic hydroxyl groups is 1. The average Bonchev–Trinajstić information content (AvgIpc) is 2.45. The van der Waals surface area contributed by atoms with Gasteiger partial charge in [0.2, 0.25) is 0 Å². The summed E-state index contributed by atoms with van der Waals surface area (Å²) < 4.78 is 5.42. The van der Waals surface area contributed by atoms with Gasteiger partial charge in [0.25, 0.3) is 5.91 Å². The fourth-order valence-electron chi connectivity index (χ4n) is 1.74. The van der Waals surface area contributed by atoms with Crippen LogP contribution in [0.4, 0.5) is 0 Å². The maximum Gasteiger partial charge on any atom is 0.251 e. The van der Waals surface area contributed by atoms with E-state index in [0.717, 1.165) is 11.1 Å². The lowest BCUT2D eigenvalue weighted by Gasteiger charge is -2.10. The Bertz CT molecular complexity index is 527. The van der Waals surface area contributed by atoms with Crippen molar-refractivity contribution in [3.05, 3.63) is 34.9 Å². The van der Waals surface area contributed by atoms with Crippen molar-refractivity contribution in [1.82, 2.24) is 5.32 Å². The molecule has 0 spiro atoms. The molecular weight excluding hydrogens is 266 g/mol. The molecule has 0 heterocycles. The van der Waals surface area contributed by atoms with Crippen LogP contribution in [0.5, 0.6) is 0 Å². The van der Waals surface area contributed by atoms with Gasteiger partial charge < -0.3 is 15.2 Å². The van der Waals surface area contributed by atoms with Gasteiger partial charge in [-0.1, -0.05) is 31.8 Å². The van der Waals surface area contributed by atoms with Crippen molar-refractivity contribution < 1.29 is 14.6 Å². The smallest absolute Gasteiger partial charge is 0.251 e. The van der Waals surface area contributed by atoms with Crippen LogP contribution in [0.3, 0.4) is 0 Å². The van der Waals surface area contributed by atoms with Crippen LogP contribution in [0.15, 0.2) is 18.2 Å². The summed E-state index contributed by atoms with van der Waals surface area (Å²) in [5.74, 6) is 5.73. The van der Waals surface area contributed by atoms with Crippen LogP contribution in [-0.2, 0) is 4.74 Å². The first-order valence-corrected chi connectivity index (χ1v) is 7.11. The lowest BCUT2D eigenvalue weighted by atomic mass is 10.0. The Morgan fingerprint density at radius 2 is 2.19 bits per heavy atom. The number of ether oxygens (including phenoxy) is 1. The highest BCUT2D eigenvalue weighted by atomic mass is 16.5. The van der Waals surface area contributed by atoms with Gasteiger partial charge in [0.1, 0.15) is 6.61 Å². The zero-order chi connectivity index (χ0) is 15.7. The summed E-state index contributed by atoms with van der Waals surface area (Å²) in [7, 11) is 0. The highest BCUT2D eigenvalue weighted by Gasteiger charge is 2.09. The van der Waals surface area contributed by atoms with E-state index in [0.29, 0.717) is 31.2 Å². The van der Waals surface area contributed by atoms with Gasteiger partial charge in [-0.25, -0.2) is 0 Å². The summed E-state index contributed by atoms with van der Waals surface area (Å²) in [5, 5.41) is 11.5. The second-order valence-corrected chi connectivity index (χ2v) is 5.21. The molecule has 0 saturated carbocycles. The molecule has 0 bridgehead atoms. The van der Waals surface area contributed by atoms with Crippen LogP contribution in [0, 0.1) is 24.7 Å². The predicted molar refractivity (Wildman–Crippen MR) is 83.1 cm³/mol. The van der Waals surface area contributed by atoms with E-state index in [4.69, 9.17) is 9.84 Å². The fourth-order valence-corrected chi connectivity index (χ4v) is 1.74. The molecule has 0 unspecified atom stereocenters. The molecule has 0 fully saturated rings. The minimum absolute atomic E-state index is 0.131. The maximum atomic E-state index is 12.1. The van der Waals surface area contributed by atoms with E-state index < -0.39 is 0 Å². The van der Waals surface area contributed by atoms with Crippen molar-refractivity contribution in [2.75, 3.05) is 26.4 Å². The van der Waals surface area contributed by atoms with Crippen molar-refractivity contribution in [3.8, 4) is 11.8 Å². The Balaban J connectivity index is 2.57. The zero-order valence-corrected chi connectivity index (χ0v) is 12.9. The number of aliphatic hydroxyl groups excluding tert-OH is 1. The molecule has 4 heteroatoms. The minimum atomic E-state index is -0.192. The van der Waals surface area contributed by atoms with Gasteiger partial charge in [-0.2, -0.15) is 0 Å². The van der Waals surface area contributed by atoms with E-state index in [1.807, 2.05) is 19.1 Å². The molecule has 1 aromatic rings. The standard InChI is InChI=1S/C17H23NO3/c1-13(2)12-21-10-8-18-17(20)16-11-15(5-4-9-19)7-6-14(16)3/h6-7,11,13,19H,8-10,12H2,1-3H3,(H,18,20). The van der Waals surface area contributed by atoms with Crippen molar-refractivity contribution in [2.24, 2.45) is 5.92 Å². The van der Waals surface area contributed by atoms with Crippen molar-refractivity contribution in [1.29, 1.82) is 0 Å². The monoisotopic (exact) mass is 289 g/mol. The SMILES string of the molecule is Cc1ccc(C#CCO)cc1C(=O)NCCOCC(C)C. The molecule has 4 nitrogen and oxygen atoms in total. The Hall–Kier alpha value is -1.83. The number of carbonyl (C=O) groups is 1. The third kappa shape index (κ3) is 6.44. The molecule has 0 aromatic heterocycles. The summed E-state index contributed by atoms with van der Waals surface area (Å²) >= 11 is 0.